The topological polar surface area (TPSA) is 47.3 Å². The smallest absolute Gasteiger partial charge is 0.0995 e. The molecule has 1 atom stereocenters. The van der Waals surface area contributed by atoms with Gasteiger partial charge in [-0.05, 0) is 31.0 Å². The molecule has 0 amide bonds. The van der Waals surface area contributed by atoms with Crippen molar-refractivity contribution in [1.82, 2.24) is 4.90 Å². The molecule has 1 aliphatic rings. The summed E-state index contributed by atoms with van der Waals surface area (Å²) in [5.74, 6) is 0. The number of nitriles is 1. The summed E-state index contributed by atoms with van der Waals surface area (Å²) in [6.45, 7) is 2.01. The van der Waals surface area contributed by atoms with Crippen LogP contribution in [-0.4, -0.2) is 29.2 Å². The van der Waals surface area contributed by atoms with Gasteiger partial charge in [0.1, 0.15) is 0 Å². The van der Waals surface area contributed by atoms with E-state index in [-0.39, 0.29) is 12.6 Å². The normalized spacial score (nSPS) is 20.9. The van der Waals surface area contributed by atoms with Crippen molar-refractivity contribution < 1.29 is 5.11 Å². The zero-order valence-corrected chi connectivity index (χ0v) is 9.26. The summed E-state index contributed by atoms with van der Waals surface area (Å²) in [4.78, 5) is 2.26. The number of benzene rings is 1. The molecule has 1 unspecified atom stereocenters. The third-order valence-electron chi connectivity index (χ3n) is 3.22. The van der Waals surface area contributed by atoms with E-state index in [2.05, 4.69) is 11.0 Å². The van der Waals surface area contributed by atoms with Crippen LogP contribution in [0.3, 0.4) is 0 Å². The highest BCUT2D eigenvalue weighted by Gasteiger charge is 2.23. The monoisotopic (exact) mass is 216 g/mol. The molecule has 1 saturated heterocycles. The first-order valence-corrected chi connectivity index (χ1v) is 5.68. The second-order valence-corrected chi connectivity index (χ2v) is 4.22. The van der Waals surface area contributed by atoms with Crippen LogP contribution in [0.1, 0.15) is 24.0 Å². The van der Waals surface area contributed by atoms with E-state index in [9.17, 15) is 5.11 Å². The van der Waals surface area contributed by atoms with Crippen molar-refractivity contribution >= 4 is 0 Å². The molecule has 0 aromatic heterocycles. The van der Waals surface area contributed by atoms with Gasteiger partial charge in [-0.25, -0.2) is 0 Å². The standard InChI is InChI=1S/C13H16N2O/c14-8-11-4-1-2-5-12(11)9-15-7-3-6-13(15)10-16/h1-2,4-5,13,16H,3,6-7,9-10H2. The van der Waals surface area contributed by atoms with Gasteiger partial charge >= 0.3 is 0 Å². The van der Waals surface area contributed by atoms with E-state index in [0.717, 1.165) is 37.1 Å². The van der Waals surface area contributed by atoms with E-state index < -0.39 is 0 Å². The average molecular weight is 216 g/mol. The van der Waals surface area contributed by atoms with Crippen LogP contribution in [0.4, 0.5) is 0 Å². The highest BCUT2D eigenvalue weighted by Crippen LogP contribution is 2.20. The van der Waals surface area contributed by atoms with E-state index in [4.69, 9.17) is 5.26 Å². The molecule has 84 valence electrons. The fourth-order valence-corrected chi connectivity index (χ4v) is 2.30. The van der Waals surface area contributed by atoms with Crippen molar-refractivity contribution in [2.75, 3.05) is 13.2 Å². The quantitative estimate of drug-likeness (QED) is 0.833. The highest BCUT2D eigenvalue weighted by molar-refractivity contribution is 5.37. The van der Waals surface area contributed by atoms with Gasteiger partial charge in [-0.1, -0.05) is 18.2 Å². The fraction of sp³-hybridized carbons (Fsp3) is 0.462. The summed E-state index contributed by atoms with van der Waals surface area (Å²) >= 11 is 0. The van der Waals surface area contributed by atoms with Crippen LogP contribution in [0, 0.1) is 11.3 Å². The van der Waals surface area contributed by atoms with E-state index >= 15 is 0 Å². The Bertz CT molecular complexity index is 397. The number of aliphatic hydroxyl groups excluding tert-OH is 1. The zero-order chi connectivity index (χ0) is 11.4. The first-order valence-electron chi connectivity index (χ1n) is 5.68. The van der Waals surface area contributed by atoms with Crippen molar-refractivity contribution in [1.29, 1.82) is 5.26 Å². The maximum absolute atomic E-state index is 9.23. The predicted octanol–water partition coefficient (Wildman–Crippen LogP) is 1.51. The maximum Gasteiger partial charge on any atom is 0.0995 e. The van der Waals surface area contributed by atoms with Gasteiger partial charge in [0.25, 0.3) is 0 Å². The number of nitrogens with zero attached hydrogens (tertiary/aromatic N) is 2. The van der Waals surface area contributed by atoms with E-state index in [1.807, 2.05) is 24.3 Å². The van der Waals surface area contributed by atoms with E-state index in [1.54, 1.807) is 0 Å². The van der Waals surface area contributed by atoms with Gasteiger partial charge in [-0.2, -0.15) is 5.26 Å². The molecule has 0 radical (unpaired) electrons. The minimum Gasteiger partial charge on any atom is -0.395 e. The second kappa shape index (κ2) is 5.11. The molecule has 3 nitrogen and oxygen atoms in total. The summed E-state index contributed by atoms with van der Waals surface area (Å²) in [5, 5.41) is 18.2. The van der Waals surface area contributed by atoms with Crippen LogP contribution in [0.2, 0.25) is 0 Å². The van der Waals surface area contributed by atoms with Crippen LogP contribution in [0.5, 0.6) is 0 Å². The lowest BCUT2D eigenvalue weighted by molar-refractivity contribution is 0.153. The van der Waals surface area contributed by atoms with Crippen molar-refractivity contribution in [2.45, 2.75) is 25.4 Å². The number of hydrogen-bond acceptors (Lipinski definition) is 3. The first-order chi connectivity index (χ1) is 7.85. The number of aliphatic hydroxyl groups is 1. The lowest BCUT2D eigenvalue weighted by Crippen LogP contribution is -2.31. The molecule has 0 aliphatic carbocycles. The molecular formula is C13H16N2O. The molecular weight excluding hydrogens is 200 g/mol. The summed E-state index contributed by atoms with van der Waals surface area (Å²) in [6.07, 6.45) is 2.20. The zero-order valence-electron chi connectivity index (χ0n) is 9.26. The van der Waals surface area contributed by atoms with Crippen LogP contribution >= 0.6 is 0 Å². The van der Waals surface area contributed by atoms with Gasteiger partial charge in [-0.15, -0.1) is 0 Å². The van der Waals surface area contributed by atoms with Crippen LogP contribution in [0.25, 0.3) is 0 Å². The summed E-state index contributed by atoms with van der Waals surface area (Å²) in [5.41, 5.74) is 1.80. The summed E-state index contributed by atoms with van der Waals surface area (Å²) in [6, 6.07) is 10.2. The fourth-order valence-electron chi connectivity index (χ4n) is 2.30. The molecule has 1 N–H and O–H groups in total. The largest absolute Gasteiger partial charge is 0.395 e. The van der Waals surface area contributed by atoms with Crippen LogP contribution in [0.15, 0.2) is 24.3 Å². The molecule has 16 heavy (non-hydrogen) atoms. The Hall–Kier alpha value is -1.37. The van der Waals surface area contributed by atoms with E-state index in [0.29, 0.717) is 0 Å². The van der Waals surface area contributed by atoms with Gasteiger partial charge in [0.05, 0.1) is 18.2 Å². The summed E-state index contributed by atoms with van der Waals surface area (Å²) < 4.78 is 0. The van der Waals surface area contributed by atoms with Crippen LogP contribution in [-0.2, 0) is 6.54 Å². The number of hydrogen-bond donors (Lipinski definition) is 1. The van der Waals surface area contributed by atoms with Gasteiger partial charge in [0.2, 0.25) is 0 Å². The van der Waals surface area contributed by atoms with Crippen molar-refractivity contribution in [2.24, 2.45) is 0 Å². The average Bonchev–Trinajstić information content (AvgIpc) is 2.77. The lowest BCUT2D eigenvalue weighted by atomic mass is 10.1. The Morgan fingerprint density at radius 1 is 1.44 bits per heavy atom. The number of rotatable bonds is 3. The molecule has 1 aromatic carbocycles. The van der Waals surface area contributed by atoms with Gasteiger partial charge < -0.3 is 5.11 Å². The van der Waals surface area contributed by atoms with Crippen LogP contribution < -0.4 is 0 Å². The van der Waals surface area contributed by atoms with Gasteiger partial charge in [-0.3, -0.25) is 4.90 Å². The molecule has 2 rings (SSSR count). The summed E-state index contributed by atoms with van der Waals surface area (Å²) in [7, 11) is 0. The minimum atomic E-state index is 0.217. The maximum atomic E-state index is 9.23. The van der Waals surface area contributed by atoms with E-state index in [1.165, 1.54) is 0 Å². The third kappa shape index (κ3) is 2.24. The highest BCUT2D eigenvalue weighted by atomic mass is 16.3. The Morgan fingerprint density at radius 2 is 2.25 bits per heavy atom. The SMILES string of the molecule is N#Cc1ccccc1CN1CCCC1CO. The van der Waals surface area contributed by atoms with Crippen molar-refractivity contribution in [3.63, 3.8) is 0 Å². The second-order valence-electron chi connectivity index (χ2n) is 4.22. The minimum absolute atomic E-state index is 0.217. The Kier molecular flexibility index (Phi) is 3.55. The van der Waals surface area contributed by atoms with Crippen molar-refractivity contribution in [3.05, 3.63) is 35.4 Å². The molecule has 1 aliphatic heterocycles. The number of likely N-dealkylation sites (tertiary alicyclic amines) is 1. The molecule has 1 aromatic rings. The van der Waals surface area contributed by atoms with Gasteiger partial charge in [0.15, 0.2) is 0 Å². The third-order valence-corrected chi connectivity index (χ3v) is 3.22. The van der Waals surface area contributed by atoms with Gasteiger partial charge in [0, 0.05) is 12.6 Å². The van der Waals surface area contributed by atoms with Crippen molar-refractivity contribution in [3.8, 4) is 6.07 Å². The Morgan fingerprint density at radius 3 is 3.00 bits per heavy atom. The molecule has 0 bridgehead atoms. The molecule has 0 saturated carbocycles. The molecule has 1 fully saturated rings. The Balaban J connectivity index is 2.12. The molecule has 0 spiro atoms. The molecule has 3 heteroatoms. The molecule has 1 heterocycles. The lowest BCUT2D eigenvalue weighted by Gasteiger charge is -2.22. The Labute approximate surface area is 95.9 Å². The predicted molar refractivity (Wildman–Crippen MR) is 61.7 cm³/mol. The first kappa shape index (κ1) is 11.1.